The average molecular weight is 386 g/mol. The van der Waals surface area contributed by atoms with E-state index < -0.39 is 0 Å². The number of hydrogen-bond acceptors (Lipinski definition) is 6. The van der Waals surface area contributed by atoms with E-state index in [0.717, 1.165) is 58.9 Å². The molecule has 1 fully saturated rings. The fourth-order valence-corrected chi connectivity index (χ4v) is 3.85. The van der Waals surface area contributed by atoms with Crippen molar-refractivity contribution in [2.24, 2.45) is 0 Å². The Morgan fingerprint density at radius 3 is 2.69 bits per heavy atom. The topological polar surface area (TPSA) is 80.2 Å². The number of ether oxygens (including phenoxy) is 1. The first-order chi connectivity index (χ1) is 14.3. The van der Waals surface area contributed by atoms with E-state index in [4.69, 9.17) is 9.72 Å². The van der Waals surface area contributed by atoms with Crippen LogP contribution in [0.4, 0.5) is 11.6 Å². The molecule has 0 atom stereocenters. The number of nitrogens with zero attached hydrogens (tertiary/aromatic N) is 3. The number of nitrogens with one attached hydrogen (secondary N) is 1. The van der Waals surface area contributed by atoms with Crippen LogP contribution in [-0.2, 0) is 0 Å². The third-order valence-corrected chi connectivity index (χ3v) is 5.41. The van der Waals surface area contributed by atoms with Gasteiger partial charge in [0.2, 0.25) is 5.95 Å². The summed E-state index contributed by atoms with van der Waals surface area (Å²) in [6, 6.07) is 15.8. The largest absolute Gasteiger partial charge is 0.488 e. The smallest absolute Gasteiger partial charge is 0.227 e. The summed E-state index contributed by atoms with van der Waals surface area (Å²) in [7, 11) is 0. The quantitative estimate of drug-likeness (QED) is 0.533. The number of aromatic nitrogens is 3. The fraction of sp³-hybridized carbons (Fsp3) is 0.261. The second kappa shape index (κ2) is 7.64. The molecule has 1 aliphatic rings. The third kappa shape index (κ3) is 3.71. The molecule has 0 spiro atoms. The fourth-order valence-electron chi connectivity index (χ4n) is 3.85. The molecule has 29 heavy (non-hydrogen) atoms. The third-order valence-electron chi connectivity index (χ3n) is 5.41. The van der Waals surface area contributed by atoms with Gasteiger partial charge in [-0.15, -0.1) is 0 Å². The highest BCUT2D eigenvalue weighted by atomic mass is 16.5. The van der Waals surface area contributed by atoms with E-state index in [2.05, 4.69) is 15.3 Å². The Morgan fingerprint density at radius 1 is 0.931 bits per heavy atom. The molecule has 2 heterocycles. The molecule has 0 amide bonds. The van der Waals surface area contributed by atoms with Gasteiger partial charge in [0.25, 0.3) is 0 Å². The molecular formula is C23H22N4O2. The summed E-state index contributed by atoms with van der Waals surface area (Å²) in [5, 5.41) is 15.0. The number of aliphatic hydroxyl groups excluding tert-OH is 1. The molecule has 4 aromatic rings. The number of para-hydroxylation sites is 2. The van der Waals surface area contributed by atoms with E-state index in [1.807, 2.05) is 54.7 Å². The lowest BCUT2D eigenvalue weighted by Crippen LogP contribution is -2.26. The van der Waals surface area contributed by atoms with Gasteiger partial charge in [-0.3, -0.25) is 4.98 Å². The van der Waals surface area contributed by atoms with Crippen LogP contribution in [0.25, 0.3) is 21.8 Å². The van der Waals surface area contributed by atoms with Gasteiger partial charge in [-0.1, -0.05) is 30.3 Å². The number of hydrogen-bond donors (Lipinski definition) is 2. The minimum Gasteiger partial charge on any atom is -0.488 e. The van der Waals surface area contributed by atoms with Crippen LogP contribution in [0.3, 0.4) is 0 Å². The second-order valence-corrected chi connectivity index (χ2v) is 7.44. The van der Waals surface area contributed by atoms with Crippen molar-refractivity contribution in [1.29, 1.82) is 0 Å². The Morgan fingerprint density at radius 2 is 1.79 bits per heavy atom. The van der Waals surface area contributed by atoms with Crippen LogP contribution in [0, 0.1) is 0 Å². The lowest BCUT2D eigenvalue weighted by molar-refractivity contribution is 0.0672. The minimum atomic E-state index is -0.198. The van der Waals surface area contributed by atoms with E-state index >= 15 is 0 Å². The highest BCUT2D eigenvalue weighted by Crippen LogP contribution is 2.30. The van der Waals surface area contributed by atoms with Crippen molar-refractivity contribution in [3.05, 3.63) is 60.9 Å². The van der Waals surface area contributed by atoms with Crippen molar-refractivity contribution in [2.45, 2.75) is 37.9 Å². The normalized spacial score (nSPS) is 19.3. The molecule has 0 aliphatic heterocycles. The molecule has 1 saturated carbocycles. The molecule has 0 saturated heterocycles. The number of anilines is 2. The first kappa shape index (κ1) is 17.8. The van der Waals surface area contributed by atoms with Crippen LogP contribution < -0.4 is 10.1 Å². The standard InChI is InChI=1S/C23H22N4O2/c28-16-8-10-17(11-9-16)29-21-7-3-4-15-14-25-23(27-22(15)21)26-20-12-13-24-19-6-2-1-5-18(19)20/h1-7,12-14,16-17,28H,8-11H2,(H,24,25,26,27)/t16-,17+. The SMILES string of the molecule is O[C@H]1CC[C@@H](Oc2cccc3cnc(Nc4ccnc5ccccc45)nc23)CC1. The van der Waals surface area contributed by atoms with Gasteiger partial charge in [0.05, 0.1) is 23.4 Å². The Kier molecular flexibility index (Phi) is 4.69. The maximum absolute atomic E-state index is 9.73. The molecule has 5 rings (SSSR count). The van der Waals surface area contributed by atoms with Crippen molar-refractivity contribution in [2.75, 3.05) is 5.32 Å². The summed E-state index contributed by atoms with van der Waals surface area (Å²) in [5.74, 6) is 1.28. The molecule has 0 radical (unpaired) electrons. The molecule has 6 nitrogen and oxygen atoms in total. The van der Waals surface area contributed by atoms with E-state index in [-0.39, 0.29) is 12.2 Å². The Labute approximate surface area is 168 Å². The van der Waals surface area contributed by atoms with Gasteiger partial charge in [0, 0.05) is 23.2 Å². The van der Waals surface area contributed by atoms with Crippen LogP contribution in [0.5, 0.6) is 5.75 Å². The van der Waals surface area contributed by atoms with E-state index in [9.17, 15) is 5.11 Å². The number of aliphatic hydroxyl groups is 1. The summed E-state index contributed by atoms with van der Waals surface area (Å²) < 4.78 is 6.25. The highest BCUT2D eigenvalue weighted by Gasteiger charge is 2.21. The molecule has 1 aliphatic carbocycles. The first-order valence-electron chi connectivity index (χ1n) is 9.97. The van der Waals surface area contributed by atoms with Gasteiger partial charge >= 0.3 is 0 Å². The van der Waals surface area contributed by atoms with Crippen LogP contribution in [0.1, 0.15) is 25.7 Å². The molecule has 2 N–H and O–H groups in total. The Balaban J connectivity index is 1.46. The summed E-state index contributed by atoms with van der Waals surface area (Å²) in [6.07, 6.45) is 6.78. The van der Waals surface area contributed by atoms with Gasteiger partial charge < -0.3 is 15.2 Å². The van der Waals surface area contributed by atoms with E-state index in [1.54, 1.807) is 6.20 Å². The average Bonchev–Trinajstić information content (AvgIpc) is 2.76. The Hall–Kier alpha value is -3.25. The molecular weight excluding hydrogens is 364 g/mol. The number of benzene rings is 2. The van der Waals surface area contributed by atoms with Gasteiger partial charge in [-0.25, -0.2) is 9.97 Å². The number of pyridine rings is 1. The van der Waals surface area contributed by atoms with Gasteiger partial charge in [-0.05, 0) is 43.9 Å². The number of fused-ring (bicyclic) bond motifs is 2. The lowest BCUT2D eigenvalue weighted by Gasteiger charge is -2.26. The minimum absolute atomic E-state index is 0.111. The molecule has 6 heteroatoms. The monoisotopic (exact) mass is 386 g/mol. The maximum Gasteiger partial charge on any atom is 0.227 e. The van der Waals surface area contributed by atoms with E-state index in [1.165, 1.54) is 0 Å². The van der Waals surface area contributed by atoms with Gasteiger partial charge in [0.15, 0.2) is 0 Å². The van der Waals surface area contributed by atoms with E-state index in [0.29, 0.717) is 5.95 Å². The predicted octanol–water partition coefficient (Wildman–Crippen LogP) is 4.60. The highest BCUT2D eigenvalue weighted by molar-refractivity contribution is 5.92. The molecule has 2 aromatic carbocycles. The summed E-state index contributed by atoms with van der Waals surface area (Å²) in [5.41, 5.74) is 2.62. The van der Waals surface area contributed by atoms with Crippen molar-refractivity contribution in [3.8, 4) is 5.75 Å². The van der Waals surface area contributed by atoms with Crippen molar-refractivity contribution in [3.63, 3.8) is 0 Å². The predicted molar refractivity (Wildman–Crippen MR) is 113 cm³/mol. The molecule has 0 bridgehead atoms. The maximum atomic E-state index is 9.73. The van der Waals surface area contributed by atoms with Crippen molar-refractivity contribution < 1.29 is 9.84 Å². The number of rotatable bonds is 4. The van der Waals surface area contributed by atoms with Crippen LogP contribution in [0.2, 0.25) is 0 Å². The summed E-state index contributed by atoms with van der Waals surface area (Å²) >= 11 is 0. The summed E-state index contributed by atoms with van der Waals surface area (Å²) in [4.78, 5) is 13.6. The van der Waals surface area contributed by atoms with Crippen LogP contribution in [0.15, 0.2) is 60.9 Å². The van der Waals surface area contributed by atoms with Crippen LogP contribution >= 0.6 is 0 Å². The molecule has 146 valence electrons. The first-order valence-corrected chi connectivity index (χ1v) is 9.97. The molecule has 2 aromatic heterocycles. The van der Waals surface area contributed by atoms with Gasteiger partial charge in [-0.2, -0.15) is 0 Å². The summed E-state index contributed by atoms with van der Waals surface area (Å²) in [6.45, 7) is 0. The van der Waals surface area contributed by atoms with Crippen molar-refractivity contribution >= 4 is 33.4 Å². The van der Waals surface area contributed by atoms with Gasteiger partial charge in [0.1, 0.15) is 11.3 Å². The molecule has 0 unspecified atom stereocenters. The zero-order valence-electron chi connectivity index (χ0n) is 16.0. The van der Waals surface area contributed by atoms with Crippen LogP contribution in [-0.4, -0.2) is 32.3 Å². The zero-order valence-corrected chi connectivity index (χ0v) is 16.0. The van der Waals surface area contributed by atoms with Crippen molar-refractivity contribution in [1.82, 2.24) is 15.0 Å². The second-order valence-electron chi connectivity index (χ2n) is 7.44. The zero-order chi connectivity index (χ0) is 19.6. The Bertz CT molecular complexity index is 1150. The lowest BCUT2D eigenvalue weighted by atomic mass is 9.95.